The molecule has 2 fully saturated rings. The summed E-state index contributed by atoms with van der Waals surface area (Å²) in [5.41, 5.74) is 0.779. The zero-order chi connectivity index (χ0) is 9.31. The first-order valence-corrected chi connectivity index (χ1v) is 6.04. The average Bonchev–Trinajstić information content (AvgIpc) is 2.14. The third kappa shape index (κ3) is 1.63. The molecule has 76 valence electrons. The number of hydrogen-bond donors (Lipinski definition) is 0. The summed E-state index contributed by atoms with van der Waals surface area (Å²) in [6, 6.07) is 0.899. The normalized spacial score (nSPS) is 33.2. The van der Waals surface area contributed by atoms with Crippen LogP contribution < -0.4 is 0 Å². The molecule has 0 aromatic carbocycles. The summed E-state index contributed by atoms with van der Waals surface area (Å²) in [7, 11) is 0. The molecule has 0 amide bonds. The van der Waals surface area contributed by atoms with Crippen LogP contribution >= 0.6 is 0 Å². The molecule has 1 spiro atoms. The fraction of sp³-hybridized carbons (Fsp3) is 1.00. The van der Waals surface area contributed by atoms with E-state index < -0.39 is 0 Å². The summed E-state index contributed by atoms with van der Waals surface area (Å²) in [6.45, 7) is 7.33. The molecule has 1 nitrogen and oxygen atoms in total. The van der Waals surface area contributed by atoms with E-state index in [1.54, 1.807) is 0 Å². The summed E-state index contributed by atoms with van der Waals surface area (Å²) in [5, 5.41) is 0. The van der Waals surface area contributed by atoms with Crippen LogP contribution in [0.25, 0.3) is 0 Å². The Balaban J connectivity index is 1.96. The molecule has 1 saturated heterocycles. The molecule has 2 aliphatic rings. The Bertz CT molecular complexity index is 172. The lowest BCUT2D eigenvalue weighted by molar-refractivity contribution is -0.00981. The van der Waals surface area contributed by atoms with Gasteiger partial charge in [-0.2, -0.15) is 0 Å². The van der Waals surface area contributed by atoms with E-state index >= 15 is 0 Å². The van der Waals surface area contributed by atoms with Crippen molar-refractivity contribution in [1.29, 1.82) is 0 Å². The molecule has 1 unspecified atom stereocenters. The SMILES string of the molecule is CCC1CCC2(CCC2)CN1CC. The maximum atomic E-state index is 2.72. The van der Waals surface area contributed by atoms with Gasteiger partial charge in [0, 0.05) is 12.6 Å². The molecular weight excluding hydrogens is 158 g/mol. The third-order valence-electron chi connectivity index (χ3n) is 4.35. The molecule has 1 aliphatic carbocycles. The summed E-state index contributed by atoms with van der Waals surface area (Å²) < 4.78 is 0. The molecule has 1 aliphatic heterocycles. The van der Waals surface area contributed by atoms with Gasteiger partial charge in [-0.3, -0.25) is 0 Å². The van der Waals surface area contributed by atoms with Crippen LogP contribution in [0.1, 0.15) is 52.4 Å². The molecule has 1 atom stereocenters. The Labute approximate surface area is 82.5 Å². The van der Waals surface area contributed by atoms with E-state index in [0.29, 0.717) is 0 Å². The monoisotopic (exact) mass is 181 g/mol. The molecule has 13 heavy (non-hydrogen) atoms. The van der Waals surface area contributed by atoms with Gasteiger partial charge in [0.2, 0.25) is 0 Å². The second-order valence-corrected chi connectivity index (χ2v) is 5.02. The van der Waals surface area contributed by atoms with E-state index in [2.05, 4.69) is 18.7 Å². The van der Waals surface area contributed by atoms with Crippen molar-refractivity contribution in [3.63, 3.8) is 0 Å². The molecule has 1 heteroatoms. The number of hydrogen-bond acceptors (Lipinski definition) is 1. The lowest BCUT2D eigenvalue weighted by Crippen LogP contribution is -2.51. The Kier molecular flexibility index (Phi) is 2.64. The van der Waals surface area contributed by atoms with Gasteiger partial charge in [0.05, 0.1) is 0 Å². The van der Waals surface area contributed by atoms with Crippen molar-refractivity contribution in [2.24, 2.45) is 5.41 Å². The van der Waals surface area contributed by atoms with E-state index in [1.165, 1.54) is 51.6 Å². The predicted octanol–water partition coefficient (Wildman–Crippen LogP) is 3.05. The van der Waals surface area contributed by atoms with Crippen molar-refractivity contribution >= 4 is 0 Å². The van der Waals surface area contributed by atoms with Crippen molar-refractivity contribution in [2.75, 3.05) is 13.1 Å². The molecule has 0 aromatic heterocycles. The summed E-state index contributed by atoms with van der Waals surface area (Å²) in [6.07, 6.45) is 8.85. The Hall–Kier alpha value is -0.0400. The van der Waals surface area contributed by atoms with Crippen LogP contribution in [0, 0.1) is 5.41 Å². The van der Waals surface area contributed by atoms with Gasteiger partial charge in [-0.15, -0.1) is 0 Å². The third-order valence-corrected chi connectivity index (χ3v) is 4.35. The largest absolute Gasteiger partial charge is 0.300 e. The second kappa shape index (κ2) is 3.61. The quantitative estimate of drug-likeness (QED) is 0.633. The van der Waals surface area contributed by atoms with Crippen molar-refractivity contribution in [1.82, 2.24) is 4.90 Å². The molecule has 1 heterocycles. The van der Waals surface area contributed by atoms with Crippen molar-refractivity contribution in [3.05, 3.63) is 0 Å². The smallest absolute Gasteiger partial charge is 0.00929 e. The minimum absolute atomic E-state index is 0.779. The highest BCUT2D eigenvalue weighted by Gasteiger charge is 2.42. The molecule has 0 aromatic rings. The molecule has 0 N–H and O–H groups in total. The van der Waals surface area contributed by atoms with Gasteiger partial charge in [0.1, 0.15) is 0 Å². The molecule has 0 bridgehead atoms. The number of likely N-dealkylation sites (tertiary alicyclic amines) is 1. The van der Waals surface area contributed by atoms with Crippen LogP contribution in [-0.2, 0) is 0 Å². The van der Waals surface area contributed by atoms with Gasteiger partial charge in [0.15, 0.2) is 0 Å². The lowest BCUT2D eigenvalue weighted by atomic mass is 9.63. The predicted molar refractivity (Wildman–Crippen MR) is 56.8 cm³/mol. The Morgan fingerprint density at radius 1 is 1.23 bits per heavy atom. The van der Waals surface area contributed by atoms with E-state index in [-0.39, 0.29) is 0 Å². The van der Waals surface area contributed by atoms with E-state index in [0.717, 1.165) is 11.5 Å². The maximum Gasteiger partial charge on any atom is 0.00929 e. The highest BCUT2D eigenvalue weighted by Crippen LogP contribution is 2.48. The summed E-state index contributed by atoms with van der Waals surface area (Å²) >= 11 is 0. The highest BCUT2D eigenvalue weighted by molar-refractivity contribution is 4.95. The second-order valence-electron chi connectivity index (χ2n) is 5.02. The first kappa shape index (κ1) is 9.51. The standard InChI is InChI=1S/C12H23N/c1-3-11-6-9-12(7-5-8-12)10-13(11)4-2/h11H,3-10H2,1-2H3. The van der Waals surface area contributed by atoms with Gasteiger partial charge < -0.3 is 4.90 Å². The van der Waals surface area contributed by atoms with Crippen molar-refractivity contribution in [3.8, 4) is 0 Å². The van der Waals surface area contributed by atoms with Crippen LogP contribution in [0.15, 0.2) is 0 Å². The Morgan fingerprint density at radius 2 is 2.00 bits per heavy atom. The molecule has 1 saturated carbocycles. The van der Waals surface area contributed by atoms with E-state index in [9.17, 15) is 0 Å². The van der Waals surface area contributed by atoms with Crippen molar-refractivity contribution in [2.45, 2.75) is 58.4 Å². The number of piperidine rings is 1. The summed E-state index contributed by atoms with van der Waals surface area (Å²) in [5.74, 6) is 0. The zero-order valence-corrected chi connectivity index (χ0v) is 9.18. The minimum atomic E-state index is 0.779. The van der Waals surface area contributed by atoms with Gasteiger partial charge in [-0.25, -0.2) is 0 Å². The fourth-order valence-corrected chi connectivity index (χ4v) is 3.21. The highest BCUT2D eigenvalue weighted by atomic mass is 15.2. The maximum absolute atomic E-state index is 2.72. The van der Waals surface area contributed by atoms with Crippen LogP contribution in [0.2, 0.25) is 0 Å². The average molecular weight is 181 g/mol. The molecule has 2 rings (SSSR count). The topological polar surface area (TPSA) is 3.24 Å². The molecule has 0 radical (unpaired) electrons. The molecular formula is C12H23N. The van der Waals surface area contributed by atoms with Crippen LogP contribution in [0.4, 0.5) is 0 Å². The van der Waals surface area contributed by atoms with E-state index in [1.807, 2.05) is 0 Å². The summed E-state index contributed by atoms with van der Waals surface area (Å²) in [4.78, 5) is 2.72. The lowest BCUT2D eigenvalue weighted by Gasteiger charge is -2.51. The van der Waals surface area contributed by atoms with Crippen LogP contribution in [0.3, 0.4) is 0 Å². The van der Waals surface area contributed by atoms with E-state index in [4.69, 9.17) is 0 Å². The first-order chi connectivity index (χ1) is 6.29. The van der Waals surface area contributed by atoms with Gasteiger partial charge in [0.25, 0.3) is 0 Å². The first-order valence-electron chi connectivity index (χ1n) is 6.04. The minimum Gasteiger partial charge on any atom is -0.300 e. The number of rotatable bonds is 2. The van der Waals surface area contributed by atoms with Gasteiger partial charge >= 0.3 is 0 Å². The Morgan fingerprint density at radius 3 is 2.46 bits per heavy atom. The number of nitrogens with zero attached hydrogens (tertiary/aromatic N) is 1. The van der Waals surface area contributed by atoms with Crippen LogP contribution in [0.5, 0.6) is 0 Å². The fourth-order valence-electron chi connectivity index (χ4n) is 3.21. The van der Waals surface area contributed by atoms with Gasteiger partial charge in [-0.1, -0.05) is 20.3 Å². The zero-order valence-electron chi connectivity index (χ0n) is 9.18. The van der Waals surface area contributed by atoms with Gasteiger partial charge in [-0.05, 0) is 44.1 Å². The van der Waals surface area contributed by atoms with Crippen LogP contribution in [-0.4, -0.2) is 24.0 Å². The van der Waals surface area contributed by atoms with Crippen molar-refractivity contribution < 1.29 is 0 Å².